The summed E-state index contributed by atoms with van der Waals surface area (Å²) < 4.78 is 12.7. The van der Waals surface area contributed by atoms with Crippen molar-refractivity contribution in [2.45, 2.75) is 20.3 Å². The van der Waals surface area contributed by atoms with Crippen LogP contribution in [0.5, 0.6) is 0 Å². The van der Waals surface area contributed by atoms with Crippen LogP contribution in [-0.4, -0.2) is 12.3 Å². The summed E-state index contributed by atoms with van der Waals surface area (Å²) in [6.45, 7) is 15.4. The van der Waals surface area contributed by atoms with Crippen molar-refractivity contribution in [2.24, 2.45) is 4.99 Å². The molecule has 0 radical (unpaired) electrons. The van der Waals surface area contributed by atoms with Crippen LogP contribution in [0, 0.1) is 0 Å². The molecule has 0 aliphatic heterocycles. The molecule has 3 heteroatoms. The lowest BCUT2D eigenvalue weighted by molar-refractivity contribution is 0.667. The van der Waals surface area contributed by atoms with E-state index in [1.807, 2.05) is 19.9 Å². The highest BCUT2D eigenvalue weighted by molar-refractivity contribution is 6.02. The molecule has 0 aliphatic rings. The molecule has 0 atom stereocenters. The van der Waals surface area contributed by atoms with Crippen molar-refractivity contribution in [1.82, 2.24) is 5.32 Å². The number of allylic oxidation sites excluding steroid dienone is 7. The van der Waals surface area contributed by atoms with E-state index in [4.69, 9.17) is 0 Å². The molecule has 0 aliphatic carbocycles. The van der Waals surface area contributed by atoms with Crippen molar-refractivity contribution < 1.29 is 4.39 Å². The summed E-state index contributed by atoms with van der Waals surface area (Å²) in [4.78, 5) is 4.49. The second-order valence-electron chi connectivity index (χ2n) is 3.93. The van der Waals surface area contributed by atoms with Gasteiger partial charge in [0.2, 0.25) is 0 Å². The number of hydrogen-bond acceptors (Lipinski definition) is 2. The molecular weight excluding hydrogens is 251 g/mol. The van der Waals surface area contributed by atoms with Crippen LogP contribution in [0.25, 0.3) is 0 Å². The zero-order valence-electron chi connectivity index (χ0n) is 12.3. The van der Waals surface area contributed by atoms with Crippen LogP contribution in [0.2, 0.25) is 0 Å². The molecule has 0 saturated carbocycles. The van der Waals surface area contributed by atoms with Gasteiger partial charge in [0.15, 0.2) is 0 Å². The average molecular weight is 274 g/mol. The number of aliphatic imine (C=N–C) groups is 1. The molecule has 0 aromatic carbocycles. The van der Waals surface area contributed by atoms with E-state index in [1.54, 1.807) is 18.4 Å². The Balaban J connectivity index is 4.47. The maximum atomic E-state index is 12.7. The molecule has 0 rings (SSSR count). The van der Waals surface area contributed by atoms with Crippen LogP contribution in [0.4, 0.5) is 4.39 Å². The van der Waals surface area contributed by atoms with Gasteiger partial charge in [0.25, 0.3) is 0 Å². The van der Waals surface area contributed by atoms with Crippen LogP contribution in [0.3, 0.4) is 0 Å². The third-order valence-electron chi connectivity index (χ3n) is 2.49. The Hall–Kier alpha value is -2.16. The Morgan fingerprint density at radius 1 is 1.30 bits per heavy atom. The van der Waals surface area contributed by atoms with E-state index in [0.29, 0.717) is 6.54 Å². The Kier molecular flexibility index (Phi) is 9.57. The minimum atomic E-state index is -0.385. The molecule has 108 valence electrons. The van der Waals surface area contributed by atoms with Gasteiger partial charge in [-0.25, -0.2) is 4.39 Å². The van der Waals surface area contributed by atoms with Crippen LogP contribution in [0.15, 0.2) is 78.4 Å². The lowest BCUT2D eigenvalue weighted by atomic mass is 10.1. The van der Waals surface area contributed by atoms with E-state index in [0.717, 1.165) is 29.5 Å². The molecule has 20 heavy (non-hydrogen) atoms. The molecule has 0 aromatic rings. The molecule has 0 heterocycles. The molecule has 0 amide bonds. The number of nitrogens with zero attached hydrogens (tertiary/aromatic N) is 1. The van der Waals surface area contributed by atoms with Gasteiger partial charge in [-0.15, -0.1) is 0 Å². The van der Waals surface area contributed by atoms with Crippen molar-refractivity contribution in [3.63, 3.8) is 0 Å². The molecular formula is C17H23FN2. The summed E-state index contributed by atoms with van der Waals surface area (Å²) in [7, 11) is 0. The van der Waals surface area contributed by atoms with Gasteiger partial charge < -0.3 is 5.32 Å². The lowest BCUT2D eigenvalue weighted by Gasteiger charge is -2.06. The summed E-state index contributed by atoms with van der Waals surface area (Å²) in [5.41, 5.74) is 2.76. The summed E-state index contributed by atoms with van der Waals surface area (Å²) in [6.07, 6.45) is 10.2. The van der Waals surface area contributed by atoms with E-state index in [1.165, 1.54) is 6.08 Å². The van der Waals surface area contributed by atoms with Gasteiger partial charge in [-0.2, -0.15) is 0 Å². The van der Waals surface area contributed by atoms with Gasteiger partial charge in [0, 0.05) is 17.6 Å². The van der Waals surface area contributed by atoms with Gasteiger partial charge in [0.1, 0.15) is 5.83 Å². The lowest BCUT2D eigenvalue weighted by Crippen LogP contribution is -2.09. The Bertz CT molecular complexity index is 465. The van der Waals surface area contributed by atoms with Crippen molar-refractivity contribution in [2.75, 3.05) is 6.54 Å². The molecule has 0 spiro atoms. The highest BCUT2D eigenvalue weighted by atomic mass is 19.1. The van der Waals surface area contributed by atoms with E-state index in [2.05, 4.69) is 30.0 Å². The summed E-state index contributed by atoms with van der Waals surface area (Å²) in [6, 6.07) is 0. The van der Waals surface area contributed by atoms with Gasteiger partial charge in [-0.1, -0.05) is 38.8 Å². The molecule has 0 saturated heterocycles. The molecule has 2 nitrogen and oxygen atoms in total. The Morgan fingerprint density at radius 3 is 2.50 bits per heavy atom. The van der Waals surface area contributed by atoms with Crippen molar-refractivity contribution in [1.29, 1.82) is 0 Å². The molecule has 1 N–H and O–H groups in total. The largest absolute Gasteiger partial charge is 0.364 e. The summed E-state index contributed by atoms with van der Waals surface area (Å²) >= 11 is 0. The fraction of sp³-hybridized carbons (Fsp3) is 0.235. The first-order valence-corrected chi connectivity index (χ1v) is 6.50. The first-order chi connectivity index (χ1) is 9.58. The quantitative estimate of drug-likeness (QED) is 0.481. The normalized spacial score (nSPS) is 13.4. The van der Waals surface area contributed by atoms with Crippen molar-refractivity contribution in [3.8, 4) is 0 Å². The maximum Gasteiger partial charge on any atom is 0.122 e. The molecule has 0 unspecified atom stereocenters. The number of hydrogen-bond donors (Lipinski definition) is 1. The van der Waals surface area contributed by atoms with E-state index >= 15 is 0 Å². The zero-order valence-corrected chi connectivity index (χ0v) is 12.3. The van der Waals surface area contributed by atoms with Crippen LogP contribution in [0.1, 0.15) is 20.3 Å². The van der Waals surface area contributed by atoms with E-state index in [9.17, 15) is 4.39 Å². The molecule has 0 bridgehead atoms. The first-order valence-electron chi connectivity index (χ1n) is 6.50. The van der Waals surface area contributed by atoms with Crippen LogP contribution >= 0.6 is 0 Å². The fourth-order valence-corrected chi connectivity index (χ4v) is 1.42. The predicted octanol–water partition coefficient (Wildman–Crippen LogP) is 4.63. The number of nitrogens with one attached hydrogen (secondary N) is 1. The van der Waals surface area contributed by atoms with Crippen molar-refractivity contribution >= 4 is 5.71 Å². The predicted molar refractivity (Wildman–Crippen MR) is 87.4 cm³/mol. The number of halogens is 1. The average Bonchev–Trinajstić information content (AvgIpc) is 2.47. The van der Waals surface area contributed by atoms with Gasteiger partial charge >= 0.3 is 0 Å². The SMILES string of the molecule is C=C/C(F)=C\C=C\NC(=C)C/N=C(CC)/C(C=C)=C/C. The third kappa shape index (κ3) is 7.31. The van der Waals surface area contributed by atoms with Crippen LogP contribution in [-0.2, 0) is 0 Å². The van der Waals surface area contributed by atoms with Gasteiger partial charge in [-0.3, -0.25) is 4.99 Å². The van der Waals surface area contributed by atoms with Crippen molar-refractivity contribution in [3.05, 3.63) is 73.4 Å². The first kappa shape index (κ1) is 17.8. The highest BCUT2D eigenvalue weighted by Gasteiger charge is 1.99. The second kappa shape index (κ2) is 10.7. The molecule has 0 fully saturated rings. The van der Waals surface area contributed by atoms with Gasteiger partial charge in [-0.05, 0) is 37.1 Å². The third-order valence-corrected chi connectivity index (χ3v) is 2.49. The smallest absolute Gasteiger partial charge is 0.122 e. The molecule has 0 aromatic heterocycles. The summed E-state index contributed by atoms with van der Waals surface area (Å²) in [5, 5.41) is 2.94. The fourth-order valence-electron chi connectivity index (χ4n) is 1.42. The van der Waals surface area contributed by atoms with E-state index in [-0.39, 0.29) is 5.83 Å². The monoisotopic (exact) mass is 274 g/mol. The second-order valence-corrected chi connectivity index (χ2v) is 3.93. The highest BCUT2D eigenvalue weighted by Crippen LogP contribution is 2.04. The van der Waals surface area contributed by atoms with Crippen LogP contribution < -0.4 is 5.32 Å². The van der Waals surface area contributed by atoms with E-state index < -0.39 is 0 Å². The van der Waals surface area contributed by atoms with Gasteiger partial charge in [0.05, 0.1) is 6.54 Å². The standard InChI is InChI=1S/C17H23FN2/c1-6-15(7-2)17(9-4)20-13-14(5)19-12-10-11-16(18)8-3/h6-8,10-12,19H,1,3,5,9,13H2,2,4H3/b12-10+,15-7+,16-11+,20-17+. The Morgan fingerprint density at radius 2 is 2.00 bits per heavy atom. The topological polar surface area (TPSA) is 24.4 Å². The Labute approximate surface area is 121 Å². The zero-order chi connectivity index (χ0) is 15.4. The minimum absolute atomic E-state index is 0.385. The summed E-state index contributed by atoms with van der Waals surface area (Å²) in [5.74, 6) is -0.385. The minimum Gasteiger partial charge on any atom is -0.364 e. The number of rotatable bonds is 9. The maximum absolute atomic E-state index is 12.7.